The highest BCUT2D eigenvalue weighted by Gasteiger charge is 2.26. The van der Waals surface area contributed by atoms with E-state index in [1.165, 1.54) is 6.92 Å². The number of nitrogens with zero attached hydrogens (tertiary/aromatic N) is 2. The van der Waals surface area contributed by atoms with Gasteiger partial charge in [-0.3, -0.25) is 14.2 Å². The maximum atomic E-state index is 13.6. The fourth-order valence-electron chi connectivity index (χ4n) is 3.84. The zero-order valence-corrected chi connectivity index (χ0v) is 17.6. The van der Waals surface area contributed by atoms with E-state index in [2.05, 4.69) is 0 Å². The monoisotopic (exact) mass is 424 g/mol. The minimum atomic E-state index is -0.646. The number of pyridine rings is 1. The Morgan fingerprint density at radius 1 is 1.06 bits per heavy atom. The molecule has 3 aromatic carbocycles. The van der Waals surface area contributed by atoms with Crippen LogP contribution in [0.1, 0.15) is 32.6 Å². The molecule has 0 bridgehead atoms. The van der Waals surface area contributed by atoms with Gasteiger partial charge >= 0.3 is 0 Å². The molecule has 6 heteroatoms. The van der Waals surface area contributed by atoms with Crippen molar-refractivity contribution in [2.24, 2.45) is 0 Å². The summed E-state index contributed by atoms with van der Waals surface area (Å²) in [5.41, 5.74) is 0.400. The number of hydrogen-bond donors (Lipinski definition) is 1. The molecule has 4 rings (SSSR count). The van der Waals surface area contributed by atoms with Gasteiger partial charge in [-0.05, 0) is 41.0 Å². The number of nitriles is 1. The van der Waals surface area contributed by atoms with Crippen molar-refractivity contribution in [1.82, 2.24) is 4.57 Å². The molecule has 6 nitrogen and oxygen atoms in total. The first kappa shape index (κ1) is 20.9. The van der Waals surface area contributed by atoms with E-state index in [9.17, 15) is 20.0 Å². The molecular formula is C26H20N2O4. The molecule has 0 amide bonds. The van der Waals surface area contributed by atoms with Crippen molar-refractivity contribution < 1.29 is 14.6 Å². The number of methoxy groups -OCH3 is 1. The van der Waals surface area contributed by atoms with Crippen molar-refractivity contribution in [1.29, 1.82) is 5.26 Å². The maximum Gasteiger partial charge on any atom is 0.271 e. The van der Waals surface area contributed by atoms with Crippen molar-refractivity contribution >= 4 is 16.6 Å². The fraction of sp³-hybridized carbons (Fsp3) is 0.115. The van der Waals surface area contributed by atoms with Crippen LogP contribution in [0.2, 0.25) is 0 Å². The molecule has 32 heavy (non-hydrogen) atoms. The van der Waals surface area contributed by atoms with E-state index >= 15 is 0 Å². The summed E-state index contributed by atoms with van der Waals surface area (Å²) in [5.74, 6) is -0.254. The van der Waals surface area contributed by atoms with Gasteiger partial charge in [0.2, 0.25) is 5.88 Å². The lowest BCUT2D eigenvalue weighted by Gasteiger charge is -2.16. The number of rotatable bonds is 5. The van der Waals surface area contributed by atoms with Crippen LogP contribution in [-0.4, -0.2) is 22.6 Å². The highest BCUT2D eigenvalue weighted by atomic mass is 16.5. The summed E-state index contributed by atoms with van der Waals surface area (Å²) < 4.78 is 6.21. The van der Waals surface area contributed by atoms with Gasteiger partial charge < -0.3 is 9.84 Å². The molecule has 1 N–H and O–H groups in total. The molecule has 158 valence electrons. The van der Waals surface area contributed by atoms with Gasteiger partial charge in [0.05, 0.1) is 19.2 Å². The van der Waals surface area contributed by atoms with Crippen LogP contribution < -0.4 is 10.3 Å². The molecule has 0 spiro atoms. The summed E-state index contributed by atoms with van der Waals surface area (Å²) in [6, 6.07) is 21.6. The number of aromatic nitrogens is 1. The van der Waals surface area contributed by atoms with E-state index in [0.29, 0.717) is 16.9 Å². The average Bonchev–Trinajstić information content (AvgIpc) is 2.82. The van der Waals surface area contributed by atoms with Crippen LogP contribution >= 0.6 is 0 Å². The lowest BCUT2D eigenvalue weighted by atomic mass is 9.93. The lowest BCUT2D eigenvalue weighted by molar-refractivity contribution is 0.103. The molecule has 0 unspecified atom stereocenters. The van der Waals surface area contributed by atoms with Gasteiger partial charge in [0.15, 0.2) is 5.78 Å². The van der Waals surface area contributed by atoms with E-state index in [1.807, 2.05) is 36.4 Å². The first-order valence-corrected chi connectivity index (χ1v) is 9.98. The van der Waals surface area contributed by atoms with Crippen molar-refractivity contribution in [3.63, 3.8) is 0 Å². The molecule has 0 aliphatic carbocycles. The average molecular weight is 424 g/mol. The van der Waals surface area contributed by atoms with Crippen molar-refractivity contribution in [2.45, 2.75) is 13.5 Å². The zero-order chi connectivity index (χ0) is 22.8. The Kier molecular flexibility index (Phi) is 5.48. The normalized spacial score (nSPS) is 10.7. The van der Waals surface area contributed by atoms with Crippen LogP contribution in [0.15, 0.2) is 71.5 Å². The first-order valence-electron chi connectivity index (χ1n) is 9.98. The van der Waals surface area contributed by atoms with Gasteiger partial charge in [-0.2, -0.15) is 5.26 Å². The minimum absolute atomic E-state index is 0.000557. The second-order valence-electron chi connectivity index (χ2n) is 7.41. The first-order chi connectivity index (χ1) is 15.5. The maximum absolute atomic E-state index is 13.6. The van der Waals surface area contributed by atoms with Gasteiger partial charge in [-0.25, -0.2) is 0 Å². The van der Waals surface area contributed by atoms with Gasteiger partial charge in [0.25, 0.3) is 5.56 Å². The Bertz CT molecular complexity index is 1440. The number of carbonyl (C=O) groups is 1. The van der Waals surface area contributed by atoms with E-state index < -0.39 is 17.2 Å². The summed E-state index contributed by atoms with van der Waals surface area (Å²) >= 11 is 0. The van der Waals surface area contributed by atoms with Gasteiger partial charge in [0, 0.05) is 5.56 Å². The second-order valence-corrected chi connectivity index (χ2v) is 7.41. The predicted octanol–water partition coefficient (Wildman–Crippen LogP) is 4.18. The second kappa shape index (κ2) is 8.40. The largest absolute Gasteiger partial charge is 0.497 e. The molecule has 0 radical (unpaired) electrons. The number of benzene rings is 3. The Hall–Kier alpha value is -4.37. The number of carbonyl (C=O) groups excluding carboxylic acids is 1. The standard InChI is InChI=1S/C26H20N2O4/c1-16-22(14-27)25(30)28(15-17-10-12-19(32-2)13-11-17)26(31)23(16)24(29)21-9-5-7-18-6-3-4-8-20(18)21/h3-13,31H,15H2,1-2H3. The van der Waals surface area contributed by atoms with Crippen LogP contribution in [-0.2, 0) is 6.54 Å². The van der Waals surface area contributed by atoms with Crippen molar-refractivity contribution in [3.8, 4) is 17.7 Å². The van der Waals surface area contributed by atoms with Crippen LogP contribution in [0.5, 0.6) is 11.6 Å². The molecule has 0 saturated carbocycles. The van der Waals surface area contributed by atoms with Gasteiger partial charge in [-0.15, -0.1) is 0 Å². The van der Waals surface area contributed by atoms with Crippen LogP contribution in [0.4, 0.5) is 0 Å². The summed E-state index contributed by atoms with van der Waals surface area (Å²) in [5, 5.41) is 22.3. The third-order valence-electron chi connectivity index (χ3n) is 5.56. The minimum Gasteiger partial charge on any atom is -0.497 e. The molecule has 0 aliphatic heterocycles. The van der Waals surface area contributed by atoms with Crippen molar-refractivity contribution in [2.75, 3.05) is 7.11 Å². The summed E-state index contributed by atoms with van der Waals surface area (Å²) in [6.07, 6.45) is 0. The highest BCUT2D eigenvalue weighted by molar-refractivity contribution is 6.18. The van der Waals surface area contributed by atoms with E-state index in [1.54, 1.807) is 43.5 Å². The topological polar surface area (TPSA) is 92.3 Å². The molecule has 4 aromatic rings. The number of ether oxygens (including phenoxy) is 1. The Morgan fingerprint density at radius 2 is 1.75 bits per heavy atom. The predicted molar refractivity (Wildman–Crippen MR) is 121 cm³/mol. The smallest absolute Gasteiger partial charge is 0.271 e. The molecule has 0 atom stereocenters. The third kappa shape index (κ3) is 3.50. The van der Waals surface area contributed by atoms with E-state index in [-0.39, 0.29) is 23.2 Å². The molecule has 0 saturated heterocycles. The van der Waals surface area contributed by atoms with E-state index in [0.717, 1.165) is 15.3 Å². The highest BCUT2D eigenvalue weighted by Crippen LogP contribution is 2.29. The Labute approximate surface area is 184 Å². The van der Waals surface area contributed by atoms with Gasteiger partial charge in [-0.1, -0.05) is 54.6 Å². The Morgan fingerprint density at radius 3 is 2.44 bits per heavy atom. The zero-order valence-electron chi connectivity index (χ0n) is 17.6. The Balaban J connectivity index is 1.90. The van der Waals surface area contributed by atoms with Gasteiger partial charge in [0.1, 0.15) is 17.4 Å². The number of ketones is 1. The molecule has 1 aromatic heterocycles. The fourth-order valence-corrected chi connectivity index (χ4v) is 3.84. The molecule has 0 fully saturated rings. The number of hydrogen-bond acceptors (Lipinski definition) is 5. The van der Waals surface area contributed by atoms with Crippen molar-refractivity contribution in [3.05, 3.63) is 105 Å². The van der Waals surface area contributed by atoms with Crippen LogP contribution in [0, 0.1) is 18.3 Å². The summed E-state index contributed by atoms with van der Waals surface area (Å²) in [4.78, 5) is 26.5. The summed E-state index contributed by atoms with van der Waals surface area (Å²) in [7, 11) is 1.55. The molecule has 0 aliphatic rings. The van der Waals surface area contributed by atoms with Crippen LogP contribution in [0.25, 0.3) is 10.8 Å². The third-order valence-corrected chi connectivity index (χ3v) is 5.56. The van der Waals surface area contributed by atoms with Crippen LogP contribution in [0.3, 0.4) is 0 Å². The SMILES string of the molecule is COc1ccc(Cn2c(O)c(C(=O)c3cccc4ccccc34)c(C)c(C#N)c2=O)cc1. The lowest BCUT2D eigenvalue weighted by Crippen LogP contribution is -2.27. The summed E-state index contributed by atoms with van der Waals surface area (Å²) in [6.45, 7) is 1.51. The molecule has 1 heterocycles. The quantitative estimate of drug-likeness (QED) is 0.485. The number of fused-ring (bicyclic) bond motifs is 1. The van der Waals surface area contributed by atoms with E-state index in [4.69, 9.17) is 4.74 Å². The molecular weight excluding hydrogens is 404 g/mol. The number of aromatic hydroxyl groups is 1.